The summed E-state index contributed by atoms with van der Waals surface area (Å²) in [6.45, 7) is 2.25. The number of hydrogen-bond donors (Lipinski definition) is 0. The number of hydrogen-bond acceptors (Lipinski definition) is 2. The van der Waals surface area contributed by atoms with E-state index in [0.717, 1.165) is 89.2 Å². The van der Waals surface area contributed by atoms with Gasteiger partial charge in [-0.25, -0.2) is 8.78 Å². The molecule has 12 rings (SSSR count). The van der Waals surface area contributed by atoms with Gasteiger partial charge in [0.05, 0.1) is 27.6 Å². The van der Waals surface area contributed by atoms with Crippen LogP contribution in [-0.4, -0.2) is 14.7 Å². The van der Waals surface area contributed by atoms with Gasteiger partial charge in [-0.1, -0.05) is 103 Å². The molecule has 1 aliphatic carbocycles. The number of halogens is 2. The summed E-state index contributed by atoms with van der Waals surface area (Å²) in [5, 5.41) is 4.62. The Balaban J connectivity index is 0.895. The van der Waals surface area contributed by atoms with E-state index in [1.165, 1.54) is 29.7 Å². The zero-order chi connectivity index (χ0) is 45.1. The molecule has 0 N–H and O–H groups in total. The van der Waals surface area contributed by atoms with Crippen LogP contribution in [0.1, 0.15) is 18.9 Å². The van der Waals surface area contributed by atoms with E-state index in [1.54, 1.807) is 0 Å². The van der Waals surface area contributed by atoms with Crippen molar-refractivity contribution < 1.29 is 8.78 Å². The van der Waals surface area contributed by atoms with Gasteiger partial charge in [0.25, 0.3) is 0 Å². The van der Waals surface area contributed by atoms with Crippen molar-refractivity contribution in [2.45, 2.75) is 18.9 Å². The lowest BCUT2D eigenvalue weighted by molar-refractivity contribution is 0.570. The van der Waals surface area contributed by atoms with Crippen LogP contribution in [0.2, 0.25) is 0 Å². The van der Waals surface area contributed by atoms with Gasteiger partial charge < -0.3 is 18.9 Å². The minimum atomic E-state index is -0.478. The first kappa shape index (κ1) is 40.1. The maximum Gasteiger partial charge on any atom is 0.123 e. The van der Waals surface area contributed by atoms with E-state index in [4.69, 9.17) is 0 Å². The van der Waals surface area contributed by atoms with Crippen molar-refractivity contribution >= 4 is 77.6 Å². The smallest absolute Gasteiger partial charge is 0.123 e. The van der Waals surface area contributed by atoms with Crippen molar-refractivity contribution in [3.8, 4) is 11.4 Å². The Morgan fingerprint density at radius 3 is 1.37 bits per heavy atom. The highest BCUT2D eigenvalue weighted by atomic mass is 19.1. The molecule has 0 fully saturated rings. The molecule has 67 heavy (non-hydrogen) atoms. The zero-order valence-electron chi connectivity index (χ0n) is 36.8. The van der Waals surface area contributed by atoms with Gasteiger partial charge in [-0.15, -0.1) is 0 Å². The van der Waals surface area contributed by atoms with Gasteiger partial charge >= 0.3 is 0 Å². The fraction of sp³-hybridized carbons (Fsp3) is 0.0492. The largest absolute Gasteiger partial charge is 0.332 e. The lowest BCUT2D eigenvalue weighted by Gasteiger charge is -2.42. The Morgan fingerprint density at radius 1 is 0.418 bits per heavy atom. The monoisotopic (exact) mass is 870 g/mol. The number of fused-ring (bicyclic) bond motifs is 6. The quantitative estimate of drug-likeness (QED) is 0.144. The number of anilines is 5. The van der Waals surface area contributed by atoms with E-state index in [0.29, 0.717) is 6.42 Å². The third kappa shape index (κ3) is 6.97. The van der Waals surface area contributed by atoms with Crippen LogP contribution in [0.5, 0.6) is 0 Å². The van der Waals surface area contributed by atoms with Crippen LogP contribution in [0.3, 0.4) is 0 Å². The van der Waals surface area contributed by atoms with Gasteiger partial charge in [0.1, 0.15) is 11.6 Å². The summed E-state index contributed by atoms with van der Waals surface area (Å²) in [4.78, 5) is 4.52. The highest BCUT2D eigenvalue weighted by molar-refractivity contribution is 6.12. The number of allylic oxidation sites excluding steroid dienone is 2. The molecule has 0 aliphatic heterocycles. The molecule has 11 aromatic rings. The Hall–Kier alpha value is -8.48. The van der Waals surface area contributed by atoms with E-state index in [1.807, 2.05) is 36.4 Å². The van der Waals surface area contributed by atoms with Crippen molar-refractivity contribution in [3.63, 3.8) is 0 Å². The molecule has 9 aromatic carbocycles. The predicted octanol–water partition coefficient (Wildman–Crippen LogP) is 16.6. The highest BCUT2D eigenvalue weighted by Gasteiger charge is 2.33. The van der Waals surface area contributed by atoms with Gasteiger partial charge in [-0.05, 0) is 158 Å². The zero-order valence-corrected chi connectivity index (χ0v) is 36.8. The molecule has 0 spiro atoms. The van der Waals surface area contributed by atoms with Crippen molar-refractivity contribution in [1.29, 1.82) is 0 Å². The number of rotatable bonds is 9. The molecule has 1 aliphatic rings. The normalized spacial score (nSPS) is 14.8. The first-order valence-electron chi connectivity index (χ1n) is 22.7. The van der Waals surface area contributed by atoms with Crippen LogP contribution in [0.25, 0.3) is 60.6 Å². The van der Waals surface area contributed by atoms with Crippen molar-refractivity contribution in [1.82, 2.24) is 9.13 Å². The molecule has 0 bridgehead atoms. The molecule has 6 heteroatoms. The van der Waals surface area contributed by atoms with Crippen LogP contribution in [0.4, 0.5) is 37.2 Å². The summed E-state index contributed by atoms with van der Waals surface area (Å²) >= 11 is 0. The van der Waals surface area contributed by atoms with Crippen LogP contribution >= 0.6 is 0 Å². The van der Waals surface area contributed by atoms with Crippen LogP contribution in [0.15, 0.2) is 237 Å². The topological polar surface area (TPSA) is 16.3 Å². The second-order valence-electron chi connectivity index (χ2n) is 17.5. The van der Waals surface area contributed by atoms with Gasteiger partial charge in [0, 0.05) is 61.4 Å². The molecule has 4 nitrogen and oxygen atoms in total. The molecule has 0 amide bonds. The maximum atomic E-state index is 14.5. The molecule has 0 saturated carbocycles. The summed E-state index contributed by atoms with van der Waals surface area (Å²) in [7, 11) is 0. The van der Waals surface area contributed by atoms with E-state index in [2.05, 4.69) is 202 Å². The minimum Gasteiger partial charge on any atom is -0.332 e. The van der Waals surface area contributed by atoms with Gasteiger partial charge in [-0.2, -0.15) is 0 Å². The molecule has 0 radical (unpaired) electrons. The maximum absolute atomic E-state index is 14.5. The summed E-state index contributed by atoms with van der Waals surface area (Å²) in [5.74, 6) is -0.549. The van der Waals surface area contributed by atoms with Crippen molar-refractivity contribution in [2.75, 3.05) is 9.80 Å². The first-order valence-corrected chi connectivity index (χ1v) is 22.7. The highest BCUT2D eigenvalue weighted by Crippen LogP contribution is 2.44. The van der Waals surface area contributed by atoms with Crippen molar-refractivity contribution in [3.05, 3.63) is 254 Å². The third-order valence-corrected chi connectivity index (χ3v) is 13.4. The van der Waals surface area contributed by atoms with E-state index < -0.39 is 5.54 Å². The Morgan fingerprint density at radius 2 is 0.851 bits per heavy atom. The van der Waals surface area contributed by atoms with E-state index in [9.17, 15) is 8.78 Å². The van der Waals surface area contributed by atoms with Crippen LogP contribution in [-0.2, 0) is 0 Å². The van der Waals surface area contributed by atoms with Gasteiger partial charge in [0.15, 0.2) is 0 Å². The number of para-hydroxylation sites is 4. The summed E-state index contributed by atoms with van der Waals surface area (Å²) in [6.07, 6.45) is 7.51. The second-order valence-corrected chi connectivity index (χ2v) is 17.5. The molecule has 0 unspecified atom stereocenters. The minimum absolute atomic E-state index is 0.269. The fourth-order valence-electron chi connectivity index (χ4n) is 10.2. The average molecular weight is 871 g/mol. The number of aromatic nitrogens is 2. The Kier molecular flexibility index (Phi) is 9.68. The standard InChI is InChI=1S/C61H44F2N4/c1-61(67(50-30-24-45(63)25-31-50)52-33-35-60-56(41-52)54-17-9-11-19-58(54)66(60)47-14-6-3-7-15-47)38-36-43(37-39-61)42-20-26-48(27-21-42)64(49-28-22-44(62)23-29-49)51-32-34-59-55(40-51)53-16-8-10-18-57(53)65(59)46-12-4-2-5-13-46/h2-38,40-41H,39H2,1H3/t61-/m1/s1. The molecule has 2 heterocycles. The lowest BCUT2D eigenvalue weighted by atomic mass is 9.85. The summed E-state index contributed by atoms with van der Waals surface area (Å²) in [6, 6.07) is 73.4. The number of benzene rings is 9. The Labute approximate surface area is 387 Å². The molecule has 2 aromatic heterocycles. The summed E-state index contributed by atoms with van der Waals surface area (Å²) in [5.41, 5.74) is 13.2. The molecule has 0 saturated heterocycles. The predicted molar refractivity (Wildman–Crippen MR) is 275 cm³/mol. The summed E-state index contributed by atoms with van der Waals surface area (Å²) < 4.78 is 33.5. The molecule has 322 valence electrons. The molecule has 1 atom stereocenters. The van der Waals surface area contributed by atoms with Gasteiger partial charge in [-0.3, -0.25) is 0 Å². The van der Waals surface area contributed by atoms with Crippen molar-refractivity contribution in [2.24, 2.45) is 0 Å². The van der Waals surface area contributed by atoms with Gasteiger partial charge in [0.2, 0.25) is 0 Å². The first-order chi connectivity index (χ1) is 32.9. The van der Waals surface area contributed by atoms with Crippen LogP contribution in [0, 0.1) is 11.6 Å². The Bertz CT molecular complexity index is 3680. The fourth-order valence-corrected chi connectivity index (χ4v) is 10.2. The molecular formula is C61H44F2N4. The average Bonchev–Trinajstić information content (AvgIpc) is 3.89. The van der Waals surface area contributed by atoms with Crippen LogP contribution < -0.4 is 9.80 Å². The molecular weight excluding hydrogens is 827 g/mol. The second kappa shape index (κ2) is 16.2. The third-order valence-electron chi connectivity index (χ3n) is 13.4. The van der Waals surface area contributed by atoms with E-state index >= 15 is 0 Å². The van der Waals surface area contributed by atoms with E-state index in [-0.39, 0.29) is 11.6 Å². The SMILES string of the molecule is C[C@@]1(N(c2ccc(F)cc2)c2ccc3c(c2)c2ccccc2n3-c2ccccc2)C=CC(c2ccc(N(c3ccc(F)cc3)c3ccc4c(c3)c3ccccc3n4-c3ccccc3)cc2)=CC1. The lowest BCUT2D eigenvalue weighted by Crippen LogP contribution is -2.42. The number of nitrogens with zero attached hydrogens (tertiary/aromatic N) is 4.